The molecule has 0 N–H and O–H groups in total. The van der Waals surface area contributed by atoms with Crippen molar-refractivity contribution in [1.82, 2.24) is 14.5 Å². The number of amides is 1. The minimum Gasteiger partial charge on any atom is -0.375 e. The molecule has 20 heavy (non-hydrogen) atoms. The maximum Gasteiger partial charge on any atom is 0.223 e. The molecule has 1 spiro atoms. The Hall–Kier alpha value is -1.36. The summed E-state index contributed by atoms with van der Waals surface area (Å²) in [5.41, 5.74) is 1.10. The minimum atomic E-state index is -0.0184. The van der Waals surface area contributed by atoms with Crippen LogP contribution in [0.15, 0.2) is 12.5 Å². The van der Waals surface area contributed by atoms with Gasteiger partial charge in [0.05, 0.1) is 24.2 Å². The largest absolute Gasteiger partial charge is 0.375 e. The Balaban J connectivity index is 1.69. The highest BCUT2D eigenvalue weighted by Gasteiger charge is 2.38. The van der Waals surface area contributed by atoms with E-state index < -0.39 is 0 Å². The van der Waals surface area contributed by atoms with Crippen molar-refractivity contribution in [3.8, 4) is 0 Å². The van der Waals surface area contributed by atoms with Gasteiger partial charge in [0.25, 0.3) is 0 Å². The van der Waals surface area contributed by atoms with E-state index in [1.165, 1.54) is 0 Å². The van der Waals surface area contributed by atoms with Crippen LogP contribution in [-0.4, -0.2) is 39.1 Å². The topological polar surface area (TPSA) is 47.4 Å². The second-order valence-electron chi connectivity index (χ2n) is 5.87. The molecular weight excluding hydrogens is 254 g/mol. The molecule has 0 aromatic carbocycles. The lowest BCUT2D eigenvalue weighted by Gasteiger charge is -2.26. The van der Waals surface area contributed by atoms with Gasteiger partial charge < -0.3 is 14.2 Å². The van der Waals surface area contributed by atoms with Crippen LogP contribution in [0, 0.1) is 0 Å². The summed E-state index contributed by atoms with van der Waals surface area (Å²) in [5, 5.41) is 0. The Morgan fingerprint density at radius 1 is 1.40 bits per heavy atom. The first-order valence-corrected chi connectivity index (χ1v) is 7.63. The number of aryl methyl sites for hydroxylation is 1. The fourth-order valence-corrected chi connectivity index (χ4v) is 3.36. The van der Waals surface area contributed by atoms with Gasteiger partial charge in [0.2, 0.25) is 5.91 Å². The van der Waals surface area contributed by atoms with Crippen molar-refractivity contribution < 1.29 is 9.53 Å². The van der Waals surface area contributed by atoms with Gasteiger partial charge in [-0.15, -0.1) is 0 Å². The molecular formula is C15H23N3O2. The van der Waals surface area contributed by atoms with E-state index in [9.17, 15) is 4.79 Å². The number of likely N-dealkylation sites (tertiary alicyclic amines) is 1. The van der Waals surface area contributed by atoms with Crippen molar-refractivity contribution in [2.24, 2.45) is 0 Å². The van der Waals surface area contributed by atoms with Gasteiger partial charge in [0.1, 0.15) is 0 Å². The molecule has 2 saturated heterocycles. The number of carbonyl (C=O) groups is 1. The van der Waals surface area contributed by atoms with Crippen LogP contribution in [0.2, 0.25) is 0 Å². The summed E-state index contributed by atoms with van der Waals surface area (Å²) >= 11 is 0. The first-order valence-electron chi connectivity index (χ1n) is 7.63. The van der Waals surface area contributed by atoms with Crippen LogP contribution in [0.5, 0.6) is 0 Å². The van der Waals surface area contributed by atoms with Gasteiger partial charge in [-0.2, -0.15) is 0 Å². The molecule has 5 heteroatoms. The number of rotatable bonds is 3. The van der Waals surface area contributed by atoms with E-state index in [4.69, 9.17) is 4.74 Å². The summed E-state index contributed by atoms with van der Waals surface area (Å²) in [6.45, 7) is 5.31. The van der Waals surface area contributed by atoms with Gasteiger partial charge in [-0.3, -0.25) is 4.79 Å². The summed E-state index contributed by atoms with van der Waals surface area (Å²) < 4.78 is 8.04. The van der Waals surface area contributed by atoms with Crippen molar-refractivity contribution in [3.05, 3.63) is 18.2 Å². The minimum absolute atomic E-state index is 0.0184. The summed E-state index contributed by atoms with van der Waals surface area (Å²) in [4.78, 5) is 18.5. The second-order valence-corrected chi connectivity index (χ2v) is 5.87. The molecule has 3 heterocycles. The van der Waals surface area contributed by atoms with Gasteiger partial charge in [-0.25, -0.2) is 4.98 Å². The molecule has 3 rings (SSSR count). The van der Waals surface area contributed by atoms with Gasteiger partial charge in [0.15, 0.2) is 0 Å². The van der Waals surface area contributed by atoms with Gasteiger partial charge in [0, 0.05) is 32.3 Å². The quantitative estimate of drug-likeness (QED) is 0.848. The molecule has 0 radical (unpaired) electrons. The lowest BCUT2D eigenvalue weighted by molar-refractivity contribution is -0.131. The van der Waals surface area contributed by atoms with E-state index in [1.54, 1.807) is 0 Å². The normalized spacial score (nSPS) is 27.2. The molecule has 2 aliphatic heterocycles. The SMILES string of the molecule is CCn1cncc1CN1CC[C@@]2(CCCO2)CCC1=O. The molecule has 0 unspecified atom stereocenters. The Morgan fingerprint density at radius 2 is 2.30 bits per heavy atom. The lowest BCUT2D eigenvalue weighted by Crippen LogP contribution is -2.32. The molecule has 1 aromatic rings. The zero-order chi connectivity index (χ0) is 14.0. The highest BCUT2D eigenvalue weighted by atomic mass is 16.5. The van der Waals surface area contributed by atoms with Gasteiger partial charge >= 0.3 is 0 Å². The molecule has 1 atom stereocenters. The molecule has 2 aliphatic rings. The van der Waals surface area contributed by atoms with E-state index in [-0.39, 0.29) is 11.5 Å². The third-order valence-electron chi connectivity index (χ3n) is 4.66. The Morgan fingerprint density at radius 3 is 3.05 bits per heavy atom. The molecule has 2 fully saturated rings. The van der Waals surface area contributed by atoms with Crippen LogP contribution in [0.1, 0.15) is 44.7 Å². The third-order valence-corrected chi connectivity index (χ3v) is 4.66. The summed E-state index contributed by atoms with van der Waals surface area (Å²) in [5.74, 6) is 0.251. The number of ether oxygens (including phenoxy) is 1. The summed E-state index contributed by atoms with van der Waals surface area (Å²) in [7, 11) is 0. The Labute approximate surface area is 119 Å². The van der Waals surface area contributed by atoms with Crippen molar-refractivity contribution in [3.63, 3.8) is 0 Å². The number of hydrogen-bond donors (Lipinski definition) is 0. The fraction of sp³-hybridized carbons (Fsp3) is 0.733. The number of carbonyl (C=O) groups excluding carboxylic acids is 1. The van der Waals surface area contributed by atoms with Gasteiger partial charge in [-0.1, -0.05) is 0 Å². The number of imidazole rings is 1. The first kappa shape index (κ1) is 13.6. The zero-order valence-electron chi connectivity index (χ0n) is 12.2. The smallest absolute Gasteiger partial charge is 0.223 e. The summed E-state index contributed by atoms with van der Waals surface area (Å²) in [6.07, 6.45) is 8.41. The van der Waals surface area contributed by atoms with Crippen LogP contribution < -0.4 is 0 Å². The average molecular weight is 277 g/mol. The number of aromatic nitrogens is 2. The molecule has 1 amide bonds. The second kappa shape index (κ2) is 5.56. The molecule has 0 aliphatic carbocycles. The predicted octanol–water partition coefficient (Wildman–Crippen LogP) is 1.96. The van der Waals surface area contributed by atoms with Crippen molar-refractivity contribution in [1.29, 1.82) is 0 Å². The van der Waals surface area contributed by atoms with E-state index in [0.29, 0.717) is 13.0 Å². The predicted molar refractivity (Wildman–Crippen MR) is 75.1 cm³/mol. The highest BCUT2D eigenvalue weighted by molar-refractivity contribution is 5.76. The fourth-order valence-electron chi connectivity index (χ4n) is 3.36. The standard InChI is InChI=1S/C15H23N3O2/c1-2-17-12-16-10-13(17)11-18-8-7-15(5-3-9-20-15)6-4-14(18)19/h10,12H,2-9,11H2,1H3/t15-/m1/s1. The molecule has 1 aromatic heterocycles. The third kappa shape index (κ3) is 2.59. The van der Waals surface area contributed by atoms with E-state index >= 15 is 0 Å². The van der Waals surface area contributed by atoms with Crippen molar-refractivity contribution >= 4 is 5.91 Å². The molecule has 0 saturated carbocycles. The maximum absolute atomic E-state index is 12.3. The number of nitrogens with zero attached hydrogens (tertiary/aromatic N) is 3. The van der Waals surface area contributed by atoms with Crippen LogP contribution in [0.3, 0.4) is 0 Å². The average Bonchev–Trinajstić information content (AvgIpc) is 3.07. The first-order chi connectivity index (χ1) is 9.72. The van der Waals surface area contributed by atoms with Crippen LogP contribution in [0.4, 0.5) is 0 Å². The highest BCUT2D eigenvalue weighted by Crippen LogP contribution is 2.36. The van der Waals surface area contributed by atoms with E-state index in [2.05, 4.69) is 16.5 Å². The Bertz CT molecular complexity index is 477. The molecule has 0 bridgehead atoms. The molecule has 110 valence electrons. The zero-order valence-corrected chi connectivity index (χ0v) is 12.2. The lowest BCUT2D eigenvalue weighted by atomic mass is 9.92. The number of hydrogen-bond acceptors (Lipinski definition) is 3. The van der Waals surface area contributed by atoms with Crippen LogP contribution >= 0.6 is 0 Å². The van der Waals surface area contributed by atoms with Gasteiger partial charge in [-0.05, 0) is 32.6 Å². The van der Waals surface area contributed by atoms with E-state index in [1.807, 2.05) is 17.4 Å². The van der Waals surface area contributed by atoms with Crippen LogP contribution in [-0.2, 0) is 22.6 Å². The van der Waals surface area contributed by atoms with Crippen molar-refractivity contribution in [2.45, 2.75) is 57.7 Å². The monoisotopic (exact) mass is 277 g/mol. The van der Waals surface area contributed by atoms with Crippen LogP contribution in [0.25, 0.3) is 0 Å². The summed E-state index contributed by atoms with van der Waals surface area (Å²) in [6, 6.07) is 0. The Kier molecular flexibility index (Phi) is 3.78. The van der Waals surface area contributed by atoms with E-state index in [0.717, 1.165) is 51.1 Å². The van der Waals surface area contributed by atoms with Crippen molar-refractivity contribution in [2.75, 3.05) is 13.2 Å². The maximum atomic E-state index is 12.3. The molecule has 5 nitrogen and oxygen atoms in total.